The van der Waals surface area contributed by atoms with Crippen molar-refractivity contribution in [1.29, 1.82) is 0 Å². The van der Waals surface area contributed by atoms with Gasteiger partial charge in [0.15, 0.2) is 5.65 Å². The van der Waals surface area contributed by atoms with Crippen molar-refractivity contribution in [2.75, 3.05) is 24.2 Å². The molecular weight excluding hydrogens is 444 g/mol. The van der Waals surface area contributed by atoms with Gasteiger partial charge in [-0.15, -0.1) is 11.8 Å². The van der Waals surface area contributed by atoms with Crippen LogP contribution in [0.1, 0.15) is 35.6 Å². The van der Waals surface area contributed by atoms with Crippen LogP contribution in [0.3, 0.4) is 0 Å². The van der Waals surface area contributed by atoms with E-state index in [0.29, 0.717) is 18.2 Å². The first-order valence-corrected chi connectivity index (χ1v) is 12.6. The summed E-state index contributed by atoms with van der Waals surface area (Å²) in [6, 6.07) is 16.2. The van der Waals surface area contributed by atoms with Crippen LogP contribution >= 0.6 is 11.8 Å². The van der Waals surface area contributed by atoms with Crippen LogP contribution in [0, 0.1) is 6.92 Å². The van der Waals surface area contributed by atoms with Crippen molar-refractivity contribution in [3.8, 4) is 0 Å². The van der Waals surface area contributed by atoms with Crippen molar-refractivity contribution in [2.45, 2.75) is 37.1 Å². The predicted octanol–water partition coefficient (Wildman–Crippen LogP) is 4.54. The third-order valence-electron chi connectivity index (χ3n) is 6.24. The molecule has 0 unspecified atom stereocenters. The predicted molar refractivity (Wildman–Crippen MR) is 135 cm³/mol. The summed E-state index contributed by atoms with van der Waals surface area (Å²) in [5.74, 6) is 1.94. The van der Waals surface area contributed by atoms with Gasteiger partial charge in [0, 0.05) is 60.2 Å². The zero-order valence-electron chi connectivity index (χ0n) is 19.2. The van der Waals surface area contributed by atoms with Gasteiger partial charge in [0.1, 0.15) is 5.82 Å². The van der Waals surface area contributed by atoms with E-state index >= 15 is 0 Å². The Kier molecular flexibility index (Phi) is 6.76. The molecule has 0 atom stereocenters. The molecule has 8 heteroatoms. The summed E-state index contributed by atoms with van der Waals surface area (Å²) in [4.78, 5) is 25.0. The molecule has 1 aliphatic heterocycles. The molecule has 1 amide bonds. The average molecular weight is 473 g/mol. The summed E-state index contributed by atoms with van der Waals surface area (Å²) in [5.41, 5.74) is 4.11. The lowest BCUT2D eigenvalue weighted by molar-refractivity contribution is -0.129. The Bertz CT molecular complexity index is 1250. The zero-order chi connectivity index (χ0) is 23.3. The first kappa shape index (κ1) is 22.4. The number of aryl methyl sites for hydroxylation is 1. The fourth-order valence-corrected chi connectivity index (χ4v) is 5.12. The number of carbonyl (C=O) groups is 1. The van der Waals surface area contributed by atoms with Crippen LogP contribution in [-0.2, 0) is 11.3 Å². The van der Waals surface area contributed by atoms with Crippen LogP contribution < -0.4 is 5.32 Å². The Morgan fingerprint density at radius 1 is 1.12 bits per heavy atom. The number of anilines is 1. The van der Waals surface area contributed by atoms with Crippen molar-refractivity contribution in [2.24, 2.45) is 0 Å². The van der Waals surface area contributed by atoms with Crippen LogP contribution in [0.25, 0.3) is 5.65 Å². The van der Waals surface area contributed by atoms with E-state index in [0.717, 1.165) is 59.1 Å². The molecule has 1 aromatic carbocycles. The Labute approximate surface area is 203 Å². The van der Waals surface area contributed by atoms with Gasteiger partial charge in [-0.1, -0.05) is 24.3 Å². The highest BCUT2D eigenvalue weighted by molar-refractivity contribution is 8.00. The number of hydrogen-bond donors (Lipinski definition) is 1. The van der Waals surface area contributed by atoms with Gasteiger partial charge in [-0.2, -0.15) is 9.61 Å². The van der Waals surface area contributed by atoms with E-state index in [2.05, 4.69) is 27.5 Å². The van der Waals surface area contributed by atoms with Crippen molar-refractivity contribution >= 4 is 29.1 Å². The van der Waals surface area contributed by atoms with E-state index < -0.39 is 0 Å². The maximum Gasteiger partial charge on any atom is 0.232 e. The van der Waals surface area contributed by atoms with Crippen LogP contribution in [-0.4, -0.2) is 49.2 Å². The second kappa shape index (κ2) is 10.3. The third kappa shape index (κ3) is 5.07. The van der Waals surface area contributed by atoms with E-state index in [1.807, 2.05) is 65.1 Å². The summed E-state index contributed by atoms with van der Waals surface area (Å²) < 4.78 is 1.87. The van der Waals surface area contributed by atoms with Crippen molar-refractivity contribution < 1.29 is 4.79 Å². The smallest absolute Gasteiger partial charge is 0.232 e. The number of piperidine rings is 1. The van der Waals surface area contributed by atoms with Gasteiger partial charge in [-0.25, -0.2) is 4.98 Å². The number of amides is 1. The van der Waals surface area contributed by atoms with Gasteiger partial charge in [0.2, 0.25) is 5.91 Å². The number of carbonyl (C=O) groups excluding carboxylic acids is 1. The fourth-order valence-electron chi connectivity index (χ4n) is 4.30. The molecule has 0 aliphatic carbocycles. The van der Waals surface area contributed by atoms with Crippen LogP contribution in [0.4, 0.5) is 5.82 Å². The number of rotatable bonds is 7. The van der Waals surface area contributed by atoms with Crippen molar-refractivity contribution in [3.63, 3.8) is 0 Å². The SMILES string of the molecule is Cc1cnn2c(NCc3cccnc3)cc(C3CCN(C(=O)CSc4ccccc4)CC3)nc12. The number of thioether (sulfide) groups is 1. The zero-order valence-corrected chi connectivity index (χ0v) is 20.0. The summed E-state index contributed by atoms with van der Waals surface area (Å²) in [6.07, 6.45) is 7.33. The molecule has 4 aromatic rings. The van der Waals surface area contributed by atoms with E-state index in [9.17, 15) is 4.79 Å². The summed E-state index contributed by atoms with van der Waals surface area (Å²) in [7, 11) is 0. The van der Waals surface area contributed by atoms with E-state index in [1.54, 1.807) is 18.0 Å². The number of likely N-dealkylation sites (tertiary alicyclic amines) is 1. The lowest BCUT2D eigenvalue weighted by Gasteiger charge is -2.32. The number of pyridine rings is 1. The third-order valence-corrected chi connectivity index (χ3v) is 7.23. The molecule has 0 bridgehead atoms. The molecule has 1 saturated heterocycles. The van der Waals surface area contributed by atoms with Crippen LogP contribution in [0.5, 0.6) is 0 Å². The average Bonchev–Trinajstić information content (AvgIpc) is 3.28. The minimum atomic E-state index is 0.209. The molecule has 4 heterocycles. The Balaban J connectivity index is 1.25. The Morgan fingerprint density at radius 3 is 2.71 bits per heavy atom. The standard InChI is InChI=1S/C26H28N6OS/c1-19-15-29-32-24(28-17-20-6-5-11-27-16-20)14-23(30-26(19)32)21-9-12-31(13-10-21)25(33)18-34-22-7-3-2-4-8-22/h2-8,11,14-16,21,28H,9-10,12-13,17-18H2,1H3. The first-order chi connectivity index (χ1) is 16.7. The summed E-state index contributed by atoms with van der Waals surface area (Å²) in [5, 5.41) is 8.03. The number of aromatic nitrogens is 4. The summed E-state index contributed by atoms with van der Waals surface area (Å²) >= 11 is 1.60. The maximum absolute atomic E-state index is 12.7. The molecule has 1 fully saturated rings. The van der Waals surface area contributed by atoms with Gasteiger partial charge in [0.05, 0.1) is 11.9 Å². The molecule has 0 radical (unpaired) electrons. The number of hydrogen-bond acceptors (Lipinski definition) is 6. The maximum atomic E-state index is 12.7. The van der Waals surface area contributed by atoms with Gasteiger partial charge in [-0.3, -0.25) is 9.78 Å². The quantitative estimate of drug-likeness (QED) is 0.398. The second-order valence-corrected chi connectivity index (χ2v) is 9.65. The van der Waals surface area contributed by atoms with E-state index in [-0.39, 0.29) is 5.91 Å². The molecule has 34 heavy (non-hydrogen) atoms. The van der Waals surface area contributed by atoms with Gasteiger partial charge >= 0.3 is 0 Å². The number of nitrogens with one attached hydrogen (secondary N) is 1. The highest BCUT2D eigenvalue weighted by atomic mass is 32.2. The highest BCUT2D eigenvalue weighted by Crippen LogP contribution is 2.30. The molecule has 174 valence electrons. The monoisotopic (exact) mass is 472 g/mol. The molecular formula is C26H28N6OS. The van der Waals surface area contributed by atoms with Gasteiger partial charge in [0.25, 0.3) is 0 Å². The van der Waals surface area contributed by atoms with Gasteiger partial charge in [-0.05, 0) is 43.5 Å². The number of nitrogens with zero attached hydrogens (tertiary/aromatic N) is 5. The Morgan fingerprint density at radius 2 is 1.94 bits per heavy atom. The van der Waals surface area contributed by atoms with Crippen molar-refractivity contribution in [1.82, 2.24) is 24.5 Å². The minimum absolute atomic E-state index is 0.209. The lowest BCUT2D eigenvalue weighted by Crippen LogP contribution is -2.39. The normalized spacial score (nSPS) is 14.4. The van der Waals surface area contributed by atoms with Crippen molar-refractivity contribution in [3.05, 3.63) is 83.9 Å². The fraction of sp³-hybridized carbons (Fsp3) is 0.308. The van der Waals surface area contributed by atoms with Gasteiger partial charge < -0.3 is 10.2 Å². The Hall–Kier alpha value is -3.39. The molecule has 0 saturated carbocycles. The topological polar surface area (TPSA) is 75.4 Å². The lowest BCUT2D eigenvalue weighted by atomic mass is 9.93. The summed E-state index contributed by atoms with van der Waals surface area (Å²) in [6.45, 7) is 4.23. The van der Waals surface area contributed by atoms with E-state index in [1.165, 1.54) is 0 Å². The van der Waals surface area contributed by atoms with Crippen LogP contribution in [0.2, 0.25) is 0 Å². The number of benzene rings is 1. The first-order valence-electron chi connectivity index (χ1n) is 11.6. The molecule has 1 aliphatic rings. The highest BCUT2D eigenvalue weighted by Gasteiger charge is 2.26. The largest absolute Gasteiger partial charge is 0.366 e. The molecule has 5 rings (SSSR count). The molecule has 0 spiro atoms. The molecule has 7 nitrogen and oxygen atoms in total. The molecule has 1 N–H and O–H groups in total. The minimum Gasteiger partial charge on any atom is -0.366 e. The number of fused-ring (bicyclic) bond motifs is 1. The molecule has 3 aromatic heterocycles. The second-order valence-electron chi connectivity index (χ2n) is 8.60. The van der Waals surface area contributed by atoms with E-state index in [4.69, 9.17) is 4.98 Å². The van der Waals surface area contributed by atoms with Crippen LogP contribution in [0.15, 0.2) is 72.0 Å².